The van der Waals surface area contributed by atoms with E-state index in [4.69, 9.17) is 4.74 Å². The number of fused-ring (bicyclic) bond motifs is 2. The lowest BCUT2D eigenvalue weighted by Crippen LogP contribution is -2.47. The van der Waals surface area contributed by atoms with Crippen LogP contribution in [0.3, 0.4) is 0 Å². The van der Waals surface area contributed by atoms with Gasteiger partial charge in [0.15, 0.2) is 4.75 Å². The normalized spacial score (nSPS) is 32.3. The third kappa shape index (κ3) is 1.85. The van der Waals surface area contributed by atoms with Crippen molar-refractivity contribution < 1.29 is 13.7 Å². The summed E-state index contributed by atoms with van der Waals surface area (Å²) in [4.78, 5) is 13.1. The average Bonchev–Trinajstić information content (AvgIpc) is 3.07. The summed E-state index contributed by atoms with van der Waals surface area (Å²) in [5, 5.41) is 0. The number of hydrogen-bond donors (Lipinski definition) is 0. The van der Waals surface area contributed by atoms with E-state index in [0.717, 1.165) is 12.0 Å². The highest BCUT2D eigenvalue weighted by Crippen LogP contribution is 2.51. The van der Waals surface area contributed by atoms with Gasteiger partial charge in [-0.05, 0) is 37.8 Å². The summed E-state index contributed by atoms with van der Waals surface area (Å²) in [5.74, 6) is 0.0452. The molecule has 0 spiro atoms. The van der Waals surface area contributed by atoms with Gasteiger partial charge in [0.2, 0.25) is 0 Å². The van der Waals surface area contributed by atoms with E-state index in [1.165, 1.54) is 7.11 Å². The molecule has 1 fully saturated rings. The van der Waals surface area contributed by atoms with Crippen LogP contribution in [0.1, 0.15) is 18.4 Å². The second-order valence-corrected chi connectivity index (χ2v) is 7.39. The third-order valence-corrected chi connectivity index (χ3v) is 6.43. The highest BCUT2D eigenvalue weighted by Gasteiger charge is 2.58. The molecule has 4 heteroatoms. The van der Waals surface area contributed by atoms with Gasteiger partial charge in [-0.25, -0.2) is 0 Å². The Morgan fingerprint density at radius 3 is 2.50 bits per heavy atom. The molecular formula is C16H18O3S. The van der Waals surface area contributed by atoms with E-state index in [1.807, 2.05) is 37.3 Å². The molecule has 4 atom stereocenters. The van der Waals surface area contributed by atoms with Gasteiger partial charge < -0.3 is 4.74 Å². The smallest absolute Gasteiger partial charge is 0.325 e. The first-order valence-electron chi connectivity index (χ1n) is 6.83. The summed E-state index contributed by atoms with van der Waals surface area (Å²) in [5.41, 5.74) is 1.12. The monoisotopic (exact) mass is 290 g/mol. The molecule has 0 amide bonds. The summed E-state index contributed by atoms with van der Waals surface area (Å²) in [7, 11) is 0.000157. The molecule has 0 aromatic heterocycles. The maximum Gasteiger partial charge on any atom is 0.325 e. The van der Waals surface area contributed by atoms with Crippen LogP contribution >= 0.6 is 0 Å². The molecule has 106 valence electrons. The van der Waals surface area contributed by atoms with Gasteiger partial charge in [0.05, 0.1) is 17.9 Å². The molecule has 0 saturated heterocycles. The molecule has 2 bridgehead atoms. The maximum atomic E-state index is 13.0. The maximum absolute atomic E-state index is 13.0. The van der Waals surface area contributed by atoms with Crippen molar-refractivity contribution in [2.75, 3.05) is 7.11 Å². The fourth-order valence-corrected chi connectivity index (χ4v) is 5.23. The van der Waals surface area contributed by atoms with Crippen molar-refractivity contribution in [3.63, 3.8) is 0 Å². The van der Waals surface area contributed by atoms with Gasteiger partial charge in [0.25, 0.3) is 0 Å². The fourth-order valence-electron chi connectivity index (χ4n) is 3.38. The van der Waals surface area contributed by atoms with E-state index in [-0.39, 0.29) is 11.9 Å². The van der Waals surface area contributed by atoms with E-state index < -0.39 is 15.5 Å². The van der Waals surface area contributed by atoms with Crippen LogP contribution in [0.2, 0.25) is 0 Å². The van der Waals surface area contributed by atoms with Crippen molar-refractivity contribution in [1.82, 2.24) is 0 Å². The lowest BCUT2D eigenvalue weighted by molar-refractivity contribution is -0.144. The first kappa shape index (κ1) is 13.6. The zero-order valence-electron chi connectivity index (χ0n) is 11.7. The quantitative estimate of drug-likeness (QED) is 0.635. The number of carbonyl (C=O) groups is 1. The van der Waals surface area contributed by atoms with E-state index in [9.17, 15) is 9.00 Å². The Balaban J connectivity index is 2.03. The van der Waals surface area contributed by atoms with Crippen molar-refractivity contribution in [3.8, 4) is 0 Å². The number of benzene rings is 1. The molecular weight excluding hydrogens is 272 g/mol. The Bertz CT molecular complexity index is 590. The highest BCUT2D eigenvalue weighted by atomic mass is 32.2. The second kappa shape index (κ2) is 4.85. The summed E-state index contributed by atoms with van der Waals surface area (Å²) >= 11 is 0. The Labute approximate surface area is 121 Å². The standard InChI is InChI=1S/C16H18O3S/c1-11-3-7-14(8-4-11)20(18)16(15(17)19-2)10-12-5-6-13(16)9-12/h3-8,12-13H,9-10H2,1-2H3/t12-,13+,16-,20?/m0/s1. The van der Waals surface area contributed by atoms with Crippen LogP contribution in [0.5, 0.6) is 0 Å². The summed E-state index contributed by atoms with van der Waals surface area (Å²) < 4.78 is 17.1. The van der Waals surface area contributed by atoms with Crippen LogP contribution in [-0.4, -0.2) is 22.0 Å². The zero-order valence-corrected chi connectivity index (χ0v) is 12.5. The predicted octanol–water partition coefficient (Wildman–Crippen LogP) is 2.61. The van der Waals surface area contributed by atoms with Gasteiger partial charge in [-0.2, -0.15) is 0 Å². The van der Waals surface area contributed by atoms with E-state index >= 15 is 0 Å². The predicted molar refractivity (Wildman–Crippen MR) is 77.7 cm³/mol. The van der Waals surface area contributed by atoms with Crippen molar-refractivity contribution in [3.05, 3.63) is 42.0 Å². The minimum atomic E-state index is -1.38. The summed E-state index contributed by atoms with van der Waals surface area (Å²) in [6.45, 7) is 1.99. The van der Waals surface area contributed by atoms with Gasteiger partial charge in [0, 0.05) is 10.8 Å². The second-order valence-electron chi connectivity index (χ2n) is 5.65. The largest absolute Gasteiger partial charge is 0.468 e. The first-order chi connectivity index (χ1) is 9.57. The average molecular weight is 290 g/mol. The fraction of sp³-hybridized carbons (Fsp3) is 0.438. The third-order valence-electron chi connectivity index (χ3n) is 4.43. The van der Waals surface area contributed by atoms with Gasteiger partial charge in [-0.1, -0.05) is 29.8 Å². The molecule has 0 heterocycles. The molecule has 1 unspecified atom stereocenters. The first-order valence-corrected chi connectivity index (χ1v) is 7.98. The molecule has 3 nitrogen and oxygen atoms in total. The molecule has 3 rings (SSSR count). The minimum Gasteiger partial charge on any atom is -0.468 e. The van der Waals surface area contributed by atoms with Crippen LogP contribution < -0.4 is 0 Å². The zero-order chi connectivity index (χ0) is 14.3. The molecule has 2 aliphatic rings. The molecule has 0 radical (unpaired) electrons. The van der Waals surface area contributed by atoms with E-state index in [0.29, 0.717) is 17.2 Å². The Morgan fingerprint density at radius 1 is 1.30 bits per heavy atom. The molecule has 20 heavy (non-hydrogen) atoms. The molecule has 0 aliphatic heterocycles. The number of aryl methyl sites for hydroxylation is 1. The summed E-state index contributed by atoms with van der Waals surface area (Å²) in [6, 6.07) is 7.57. The van der Waals surface area contributed by atoms with Gasteiger partial charge in [0.1, 0.15) is 0 Å². The lowest BCUT2D eigenvalue weighted by Gasteiger charge is -2.31. The highest BCUT2D eigenvalue weighted by molar-refractivity contribution is 7.87. The number of esters is 1. The van der Waals surface area contributed by atoms with Crippen LogP contribution in [0.25, 0.3) is 0 Å². The van der Waals surface area contributed by atoms with Crippen molar-refractivity contribution >= 4 is 16.8 Å². The van der Waals surface area contributed by atoms with Gasteiger partial charge >= 0.3 is 5.97 Å². The van der Waals surface area contributed by atoms with E-state index in [2.05, 4.69) is 6.08 Å². The van der Waals surface area contributed by atoms with Crippen LogP contribution in [-0.2, 0) is 20.3 Å². The van der Waals surface area contributed by atoms with Gasteiger partial charge in [-0.3, -0.25) is 9.00 Å². The van der Waals surface area contributed by atoms with E-state index in [1.54, 1.807) is 0 Å². The van der Waals surface area contributed by atoms with Crippen molar-refractivity contribution in [2.24, 2.45) is 11.8 Å². The number of allylic oxidation sites excluding steroid dienone is 2. The minimum absolute atomic E-state index is 0.0297. The number of hydrogen-bond acceptors (Lipinski definition) is 3. The molecule has 1 aromatic rings. The topological polar surface area (TPSA) is 43.4 Å². The van der Waals surface area contributed by atoms with Crippen LogP contribution in [0.15, 0.2) is 41.3 Å². The molecule has 0 N–H and O–H groups in total. The van der Waals surface area contributed by atoms with Crippen LogP contribution in [0, 0.1) is 18.8 Å². The molecule has 2 aliphatic carbocycles. The van der Waals surface area contributed by atoms with Crippen molar-refractivity contribution in [1.29, 1.82) is 0 Å². The number of ether oxygens (including phenoxy) is 1. The Hall–Kier alpha value is -1.42. The van der Waals surface area contributed by atoms with Crippen molar-refractivity contribution in [2.45, 2.75) is 29.4 Å². The number of carbonyl (C=O) groups excluding carboxylic acids is 1. The summed E-state index contributed by atoms with van der Waals surface area (Å²) in [6.07, 6.45) is 5.71. The molecule has 1 saturated carbocycles. The van der Waals surface area contributed by atoms with Gasteiger partial charge in [-0.15, -0.1) is 0 Å². The Kier molecular flexibility index (Phi) is 3.28. The Morgan fingerprint density at radius 2 is 2.00 bits per heavy atom. The number of methoxy groups -OCH3 is 1. The SMILES string of the molecule is COC(=O)[C@]1(S(=O)c2ccc(C)cc2)C[C@H]2C=C[C@@H]1C2. The lowest BCUT2D eigenvalue weighted by atomic mass is 9.92. The van der Waals surface area contributed by atoms with Crippen LogP contribution in [0.4, 0.5) is 0 Å². The molecule has 1 aromatic carbocycles. The number of rotatable bonds is 3.